The Morgan fingerprint density at radius 3 is 1.15 bits per heavy atom. The predicted molar refractivity (Wildman–Crippen MR) is 214 cm³/mol. The van der Waals surface area contributed by atoms with E-state index in [2.05, 4.69) is 155 Å². The molecule has 0 amide bonds. The number of carbonyl (C=O) groups is 1. The van der Waals surface area contributed by atoms with Crippen LogP contribution in [0.2, 0.25) is 49.9 Å². The van der Waals surface area contributed by atoms with Gasteiger partial charge in [0.25, 0.3) is 0 Å². The van der Waals surface area contributed by atoms with Gasteiger partial charge in [0, 0.05) is 0 Å². The third-order valence-electron chi connectivity index (χ3n) is 11.8. The molecule has 278 valence electrons. The molecule has 0 saturated carbocycles. The van der Waals surface area contributed by atoms with Crippen molar-refractivity contribution in [3.8, 4) is 0 Å². The van der Waals surface area contributed by atoms with Crippen molar-refractivity contribution < 1.29 is 22.8 Å². The average Bonchev–Trinajstić information content (AvgIpc) is 2.97. The average molecular weight is 786 g/mol. The molecule has 0 aromatic heterocycles. The number of ether oxygens (including phenoxy) is 1. The summed E-state index contributed by atoms with van der Waals surface area (Å²) in [6.07, 6.45) is -0.982. The van der Waals surface area contributed by atoms with Crippen LogP contribution < -0.4 is 4.46 Å². The molecule has 1 aromatic rings. The van der Waals surface area contributed by atoms with Crippen LogP contribution in [0, 0.1) is 0 Å². The summed E-state index contributed by atoms with van der Waals surface area (Å²) in [5.41, 5.74) is 3.37. The Balaban J connectivity index is 3.06. The maximum absolute atomic E-state index is 13.3. The predicted octanol–water partition coefficient (Wildman–Crippen LogP) is 10.6. The Labute approximate surface area is 306 Å². The van der Waals surface area contributed by atoms with E-state index in [4.69, 9.17) is 18.0 Å². The number of rotatable bonds is 18. The first-order valence-corrected chi connectivity index (χ1v) is 27.3. The van der Waals surface area contributed by atoms with E-state index in [9.17, 15) is 4.79 Å². The van der Waals surface area contributed by atoms with Crippen LogP contribution in [0.5, 0.6) is 0 Å². The van der Waals surface area contributed by atoms with Gasteiger partial charge >= 0.3 is 308 Å². The molecular weight excluding hydrogens is 712 g/mol. The molecule has 0 spiro atoms. The van der Waals surface area contributed by atoms with E-state index in [1.54, 1.807) is 0 Å². The molecule has 2 rings (SSSR count). The van der Waals surface area contributed by atoms with Crippen LogP contribution in [0.15, 0.2) is 30.3 Å². The molecule has 9 heteroatoms. The Bertz CT molecular complexity index is 1040. The summed E-state index contributed by atoms with van der Waals surface area (Å²) in [5, 5.41) is -0.283. The molecule has 1 aromatic carbocycles. The summed E-state index contributed by atoms with van der Waals surface area (Å²) in [7, 11) is -7.36. The van der Waals surface area contributed by atoms with Gasteiger partial charge in [-0.2, -0.15) is 0 Å². The van der Waals surface area contributed by atoms with Crippen molar-refractivity contribution >= 4 is 50.7 Å². The van der Waals surface area contributed by atoms with Crippen molar-refractivity contribution in [3.63, 3.8) is 0 Å². The SMILES string of the molecule is CC(C)[Si](O[C@@H]1[C@@H](O[Si](C(C)C)(C(C)C)C(C)C)[C@H]([Se]c2ccccc2)O[C@H](C=O)[C@H]1O[Si](C(C)C)(C(C)C)C(C)C)(C(C)C)C(C)C. The van der Waals surface area contributed by atoms with Crippen LogP contribution >= 0.6 is 0 Å². The molecule has 1 saturated heterocycles. The molecular formula is C39H74O5SeSi3. The van der Waals surface area contributed by atoms with Crippen molar-refractivity contribution in [3.05, 3.63) is 30.3 Å². The first-order chi connectivity index (χ1) is 22.2. The second-order valence-electron chi connectivity index (χ2n) is 17.2. The van der Waals surface area contributed by atoms with E-state index >= 15 is 0 Å². The van der Waals surface area contributed by atoms with Gasteiger partial charge in [0.05, 0.1) is 0 Å². The van der Waals surface area contributed by atoms with Crippen LogP contribution in [-0.2, 0) is 22.8 Å². The summed E-state index contributed by atoms with van der Waals surface area (Å²) in [4.78, 5) is 13.3. The van der Waals surface area contributed by atoms with Gasteiger partial charge in [0.1, 0.15) is 0 Å². The molecule has 1 aliphatic rings. The molecule has 48 heavy (non-hydrogen) atoms. The Kier molecular flexibility index (Phi) is 16.6. The summed E-state index contributed by atoms with van der Waals surface area (Å²) in [6, 6.07) is 10.6. The molecule has 0 aliphatic carbocycles. The Morgan fingerprint density at radius 1 is 0.521 bits per heavy atom. The van der Waals surface area contributed by atoms with Crippen molar-refractivity contribution in [2.75, 3.05) is 0 Å². The number of aldehydes is 1. The topological polar surface area (TPSA) is 54.0 Å². The zero-order valence-electron chi connectivity index (χ0n) is 34.0. The van der Waals surface area contributed by atoms with Crippen LogP contribution in [0.4, 0.5) is 0 Å². The fourth-order valence-electron chi connectivity index (χ4n) is 10.00. The molecule has 0 N–H and O–H groups in total. The zero-order valence-corrected chi connectivity index (χ0v) is 38.7. The standard InChI is InChI=1S/C39H74O5SeSi3/c1-25(2)46(26(3)4,27(5)6)42-36-35(24-40)41-39(45-34-22-20-19-21-23-34)38(44-48(31(13)14,32(15)16)33(17)18)37(36)43-47(28(7)8,29(9)10)30(11)12/h19-33,35-39H,1-18H3/t35-,36-,37+,38-,39+/m1/s1. The molecule has 1 heterocycles. The fourth-order valence-corrected chi connectivity index (χ4v) is 29.2. The number of hydrogen-bond donors (Lipinski definition) is 0. The Morgan fingerprint density at radius 2 is 0.833 bits per heavy atom. The molecule has 1 fully saturated rings. The van der Waals surface area contributed by atoms with Crippen molar-refractivity contribution in [2.24, 2.45) is 0 Å². The maximum atomic E-state index is 13.3. The van der Waals surface area contributed by atoms with Gasteiger partial charge in [-0.3, -0.25) is 0 Å². The van der Waals surface area contributed by atoms with Gasteiger partial charge in [-0.25, -0.2) is 0 Å². The summed E-state index contributed by atoms with van der Waals surface area (Å²) < 4.78 is 31.9. The fraction of sp³-hybridized carbons (Fsp3) is 0.821. The normalized spacial score (nSPS) is 23.4. The van der Waals surface area contributed by atoms with E-state index in [1.165, 1.54) is 4.46 Å². The summed E-state index contributed by atoms with van der Waals surface area (Å²) >= 11 is -0.106. The number of hydrogen-bond acceptors (Lipinski definition) is 5. The second-order valence-corrected chi connectivity index (χ2v) is 35.9. The van der Waals surface area contributed by atoms with Gasteiger partial charge < -0.3 is 0 Å². The minimum atomic E-state index is -2.47. The van der Waals surface area contributed by atoms with Gasteiger partial charge in [0.15, 0.2) is 0 Å². The van der Waals surface area contributed by atoms with Crippen LogP contribution in [0.3, 0.4) is 0 Å². The van der Waals surface area contributed by atoms with E-state index in [-0.39, 0.29) is 26.1 Å². The van der Waals surface area contributed by atoms with Crippen LogP contribution in [0.25, 0.3) is 0 Å². The van der Waals surface area contributed by atoms with Gasteiger partial charge in [0.2, 0.25) is 0 Å². The third-order valence-corrected chi connectivity index (χ3v) is 32.5. The van der Waals surface area contributed by atoms with Crippen LogP contribution in [-0.4, -0.2) is 75.6 Å². The molecule has 0 bridgehead atoms. The summed E-state index contributed by atoms with van der Waals surface area (Å²) in [6.45, 7) is 42.2. The van der Waals surface area contributed by atoms with Crippen molar-refractivity contribution in [1.29, 1.82) is 0 Å². The monoisotopic (exact) mass is 786 g/mol. The van der Waals surface area contributed by atoms with Gasteiger partial charge in [-0.15, -0.1) is 0 Å². The minimum absolute atomic E-state index is 0.106. The van der Waals surface area contributed by atoms with Crippen molar-refractivity contribution in [1.82, 2.24) is 0 Å². The Hall–Kier alpha value is -0.0999. The first-order valence-electron chi connectivity index (χ1n) is 19.0. The molecule has 1 aliphatic heterocycles. The zero-order chi connectivity index (χ0) is 36.9. The molecule has 5 nitrogen and oxygen atoms in total. The summed E-state index contributed by atoms with van der Waals surface area (Å²) in [5.74, 6) is 0. The molecule has 5 atom stereocenters. The van der Waals surface area contributed by atoms with E-state index in [1.807, 2.05) is 0 Å². The quantitative estimate of drug-likeness (QED) is 0.110. The first kappa shape index (κ1) is 44.1. The third kappa shape index (κ3) is 8.74. The van der Waals surface area contributed by atoms with E-state index < -0.39 is 43.3 Å². The van der Waals surface area contributed by atoms with E-state index in [0.29, 0.717) is 49.9 Å². The molecule has 0 unspecified atom stereocenters. The number of benzene rings is 1. The van der Waals surface area contributed by atoms with E-state index in [0.717, 1.165) is 6.29 Å². The van der Waals surface area contributed by atoms with Gasteiger partial charge in [-0.05, 0) is 0 Å². The van der Waals surface area contributed by atoms with Crippen molar-refractivity contribution in [2.45, 2.75) is 204 Å². The van der Waals surface area contributed by atoms with Crippen LogP contribution in [0.1, 0.15) is 125 Å². The molecule has 0 radical (unpaired) electrons. The van der Waals surface area contributed by atoms with Gasteiger partial charge in [-0.1, -0.05) is 0 Å². The number of carbonyl (C=O) groups excluding carboxylic acids is 1. The second kappa shape index (κ2) is 18.1.